The third kappa shape index (κ3) is 2.79. The number of carbonyl (C=O) groups is 1. The number of nitrogens with zero attached hydrogens (tertiary/aromatic N) is 2. The molecule has 1 aliphatic heterocycles. The van der Waals surface area contributed by atoms with Crippen LogP contribution in [-0.4, -0.2) is 54.4 Å². The van der Waals surface area contributed by atoms with E-state index >= 15 is 0 Å². The minimum Gasteiger partial charge on any atom is -0.477 e. The van der Waals surface area contributed by atoms with Gasteiger partial charge in [0.25, 0.3) is 5.91 Å². The molecule has 2 aliphatic rings. The summed E-state index contributed by atoms with van der Waals surface area (Å²) in [5, 5.41) is 0. The SMILES string of the molecule is CCOc1nccc(C)c1C(=O)N1CCC2(CCC2)S(=O)(=O)CC1. The van der Waals surface area contributed by atoms with Crippen LogP contribution in [0.3, 0.4) is 0 Å². The van der Waals surface area contributed by atoms with Crippen molar-refractivity contribution in [3.63, 3.8) is 0 Å². The molecule has 2 heterocycles. The maximum Gasteiger partial charge on any atom is 0.259 e. The Bertz CT molecular complexity index is 741. The molecule has 0 N–H and O–H groups in total. The first-order valence-electron chi connectivity index (χ1n) is 8.50. The summed E-state index contributed by atoms with van der Waals surface area (Å²) < 4.78 is 30.1. The van der Waals surface area contributed by atoms with Gasteiger partial charge in [0.05, 0.1) is 17.1 Å². The Morgan fingerprint density at radius 2 is 2.08 bits per heavy atom. The second-order valence-electron chi connectivity index (χ2n) is 6.64. The first kappa shape index (κ1) is 17.2. The van der Waals surface area contributed by atoms with Gasteiger partial charge in [-0.3, -0.25) is 4.79 Å². The number of hydrogen-bond donors (Lipinski definition) is 0. The van der Waals surface area contributed by atoms with Gasteiger partial charge in [0.1, 0.15) is 5.56 Å². The molecule has 1 spiro atoms. The van der Waals surface area contributed by atoms with Crippen LogP contribution < -0.4 is 4.74 Å². The van der Waals surface area contributed by atoms with E-state index < -0.39 is 14.6 Å². The molecular formula is C17H24N2O4S. The van der Waals surface area contributed by atoms with E-state index in [1.54, 1.807) is 17.2 Å². The smallest absolute Gasteiger partial charge is 0.259 e. The molecule has 0 atom stereocenters. The molecular weight excluding hydrogens is 328 g/mol. The molecule has 3 rings (SSSR count). The number of hydrogen-bond acceptors (Lipinski definition) is 5. The number of carbonyl (C=O) groups excluding carboxylic acids is 1. The van der Waals surface area contributed by atoms with Crippen molar-refractivity contribution in [3.8, 4) is 5.88 Å². The largest absolute Gasteiger partial charge is 0.477 e. The summed E-state index contributed by atoms with van der Waals surface area (Å²) in [5.74, 6) is 0.186. The van der Waals surface area contributed by atoms with Gasteiger partial charge in [0.2, 0.25) is 5.88 Å². The van der Waals surface area contributed by atoms with E-state index in [0.717, 1.165) is 24.8 Å². The number of amides is 1. The Hall–Kier alpha value is -1.63. The fraction of sp³-hybridized carbons (Fsp3) is 0.647. The molecule has 1 aromatic heterocycles. The van der Waals surface area contributed by atoms with Crippen LogP contribution in [0.2, 0.25) is 0 Å². The third-order valence-corrected chi connectivity index (χ3v) is 7.95. The van der Waals surface area contributed by atoms with Crippen LogP contribution in [0.4, 0.5) is 0 Å². The molecule has 0 aromatic carbocycles. The predicted molar refractivity (Wildman–Crippen MR) is 91.0 cm³/mol. The summed E-state index contributed by atoms with van der Waals surface area (Å²) in [6, 6.07) is 1.78. The molecule has 0 unspecified atom stereocenters. The van der Waals surface area contributed by atoms with Crippen LogP contribution in [0.1, 0.15) is 48.5 Å². The third-order valence-electron chi connectivity index (χ3n) is 5.30. The summed E-state index contributed by atoms with van der Waals surface area (Å²) in [6.07, 6.45) is 4.57. The molecule has 24 heavy (non-hydrogen) atoms. The average Bonchev–Trinajstić information content (AvgIpc) is 2.62. The van der Waals surface area contributed by atoms with Gasteiger partial charge in [-0.1, -0.05) is 6.42 Å². The second-order valence-corrected chi connectivity index (χ2v) is 9.14. The predicted octanol–water partition coefficient (Wildman–Crippen LogP) is 1.97. The van der Waals surface area contributed by atoms with E-state index in [0.29, 0.717) is 31.0 Å². The summed E-state index contributed by atoms with van der Waals surface area (Å²) in [4.78, 5) is 18.8. The fourth-order valence-corrected chi connectivity index (χ4v) is 5.79. The van der Waals surface area contributed by atoms with Gasteiger partial charge in [0.15, 0.2) is 9.84 Å². The molecule has 132 valence electrons. The Balaban J connectivity index is 1.87. The lowest BCUT2D eigenvalue weighted by atomic mass is 9.81. The molecule has 0 bridgehead atoms. The fourth-order valence-electron chi connectivity index (χ4n) is 3.59. The zero-order valence-electron chi connectivity index (χ0n) is 14.2. The first-order valence-corrected chi connectivity index (χ1v) is 10.2. The van der Waals surface area contributed by atoms with Gasteiger partial charge in [0, 0.05) is 19.3 Å². The van der Waals surface area contributed by atoms with Crippen molar-refractivity contribution < 1.29 is 17.9 Å². The summed E-state index contributed by atoms with van der Waals surface area (Å²) >= 11 is 0. The molecule has 2 fully saturated rings. The van der Waals surface area contributed by atoms with Crippen LogP contribution in [0.15, 0.2) is 12.3 Å². The topological polar surface area (TPSA) is 76.6 Å². The standard InChI is InChI=1S/C17H24N2O4S/c1-3-23-15-14(13(2)5-9-18-15)16(20)19-10-8-17(6-4-7-17)24(21,22)12-11-19/h5,9H,3-4,6-8,10-12H2,1-2H3. The normalized spacial score (nSPS) is 21.8. The molecule has 1 aromatic rings. The van der Waals surface area contributed by atoms with Gasteiger partial charge in [-0.2, -0.15) is 0 Å². The molecule has 7 heteroatoms. The zero-order chi connectivity index (χ0) is 17.4. The lowest BCUT2D eigenvalue weighted by Crippen LogP contribution is -2.46. The van der Waals surface area contributed by atoms with Crippen LogP contribution in [0, 0.1) is 6.92 Å². The van der Waals surface area contributed by atoms with Gasteiger partial charge in [-0.25, -0.2) is 13.4 Å². The van der Waals surface area contributed by atoms with Crippen LogP contribution in [0.5, 0.6) is 5.88 Å². The van der Waals surface area contributed by atoms with E-state index in [2.05, 4.69) is 4.98 Å². The molecule has 6 nitrogen and oxygen atoms in total. The highest BCUT2D eigenvalue weighted by molar-refractivity contribution is 7.92. The number of sulfone groups is 1. The molecule has 1 saturated heterocycles. The Kier molecular flexibility index (Phi) is 4.55. The quantitative estimate of drug-likeness (QED) is 0.831. The number of rotatable bonds is 3. The second kappa shape index (κ2) is 6.35. The number of pyridine rings is 1. The lowest BCUT2D eigenvalue weighted by Gasteiger charge is -2.39. The summed E-state index contributed by atoms with van der Waals surface area (Å²) in [6.45, 7) is 4.82. The minimum atomic E-state index is -3.14. The maximum absolute atomic E-state index is 13.0. The highest BCUT2D eigenvalue weighted by Crippen LogP contribution is 2.44. The van der Waals surface area contributed by atoms with E-state index in [1.165, 1.54) is 0 Å². The number of aromatic nitrogens is 1. The van der Waals surface area contributed by atoms with Crippen LogP contribution in [0.25, 0.3) is 0 Å². The van der Waals surface area contributed by atoms with Crippen molar-refractivity contribution in [1.29, 1.82) is 0 Å². The van der Waals surface area contributed by atoms with E-state index in [9.17, 15) is 13.2 Å². The first-order chi connectivity index (χ1) is 11.4. The van der Waals surface area contributed by atoms with Crippen molar-refractivity contribution in [3.05, 3.63) is 23.4 Å². The Labute approximate surface area is 143 Å². The van der Waals surface area contributed by atoms with Crippen LogP contribution in [-0.2, 0) is 9.84 Å². The monoisotopic (exact) mass is 352 g/mol. The van der Waals surface area contributed by atoms with Crippen molar-refractivity contribution >= 4 is 15.7 Å². The maximum atomic E-state index is 13.0. The molecule has 0 radical (unpaired) electrons. The minimum absolute atomic E-state index is 0.0437. The summed E-state index contributed by atoms with van der Waals surface area (Å²) in [5.41, 5.74) is 1.24. The van der Waals surface area contributed by atoms with Gasteiger partial charge < -0.3 is 9.64 Å². The van der Waals surface area contributed by atoms with Gasteiger partial charge in [-0.15, -0.1) is 0 Å². The lowest BCUT2D eigenvalue weighted by molar-refractivity contribution is 0.0753. The zero-order valence-corrected chi connectivity index (χ0v) is 15.1. The highest BCUT2D eigenvalue weighted by atomic mass is 32.2. The van der Waals surface area contributed by atoms with Crippen molar-refractivity contribution in [2.45, 2.75) is 44.3 Å². The van der Waals surface area contributed by atoms with Crippen LogP contribution >= 0.6 is 0 Å². The van der Waals surface area contributed by atoms with Crippen molar-refractivity contribution in [1.82, 2.24) is 9.88 Å². The molecule has 1 amide bonds. The molecule has 1 aliphatic carbocycles. The van der Waals surface area contributed by atoms with Crippen molar-refractivity contribution in [2.75, 3.05) is 25.4 Å². The average molecular weight is 352 g/mol. The molecule has 1 saturated carbocycles. The number of ether oxygens (including phenoxy) is 1. The van der Waals surface area contributed by atoms with E-state index in [4.69, 9.17) is 4.74 Å². The highest BCUT2D eigenvalue weighted by Gasteiger charge is 2.50. The van der Waals surface area contributed by atoms with Crippen molar-refractivity contribution in [2.24, 2.45) is 0 Å². The van der Waals surface area contributed by atoms with E-state index in [-0.39, 0.29) is 18.2 Å². The number of aryl methyl sites for hydroxylation is 1. The Morgan fingerprint density at radius 3 is 2.71 bits per heavy atom. The van der Waals surface area contributed by atoms with Gasteiger partial charge >= 0.3 is 0 Å². The summed E-state index contributed by atoms with van der Waals surface area (Å²) in [7, 11) is -3.14. The van der Waals surface area contributed by atoms with Gasteiger partial charge in [-0.05, 0) is 44.7 Å². The Morgan fingerprint density at radius 1 is 1.33 bits per heavy atom. The van der Waals surface area contributed by atoms with E-state index in [1.807, 2.05) is 13.8 Å².